The minimum atomic E-state index is -0.455. The second-order valence-corrected chi connectivity index (χ2v) is 11.6. The van der Waals surface area contributed by atoms with Crippen molar-refractivity contribution in [2.24, 2.45) is 4.99 Å². The number of H-pyrrole nitrogens is 1. The lowest BCUT2D eigenvalue weighted by Gasteiger charge is -2.15. The summed E-state index contributed by atoms with van der Waals surface area (Å²) in [5.41, 5.74) is 6.75. The Morgan fingerprint density at radius 3 is 2.51 bits per heavy atom. The number of aromatic nitrogens is 2. The maximum absolute atomic E-state index is 13.9. The van der Waals surface area contributed by atoms with Crippen LogP contribution in [0.4, 0.5) is 11.4 Å². The number of nitrogens with zero attached hydrogens (tertiary/aromatic N) is 4. The molecule has 3 heterocycles. The van der Waals surface area contributed by atoms with Gasteiger partial charge in [0.1, 0.15) is 0 Å². The van der Waals surface area contributed by atoms with E-state index in [0.717, 1.165) is 39.1 Å². The first kappa shape index (κ1) is 29.6. The van der Waals surface area contributed by atoms with Gasteiger partial charge in [-0.25, -0.2) is 9.79 Å². The standard InChI is InChI=1S/C34H29N5O5S/c1-21-18-25(22(2)38(21)27-12-8-23(9-13-27)33(41)44-3)19-31-32(40)37(17-16-24-20-35-30-7-5-4-6-29(24)30)34(45-31)36-26-10-14-28(15-11-26)39(42)43/h4-15,18-20,35H,16-17H2,1-3H3/b31-19-,36-34?. The molecule has 1 aliphatic rings. The van der Waals surface area contributed by atoms with Gasteiger partial charge in [-0.15, -0.1) is 0 Å². The van der Waals surface area contributed by atoms with Gasteiger partial charge in [-0.2, -0.15) is 0 Å². The monoisotopic (exact) mass is 619 g/mol. The highest BCUT2D eigenvalue weighted by Gasteiger charge is 2.33. The van der Waals surface area contributed by atoms with Gasteiger partial charge in [0.15, 0.2) is 5.17 Å². The molecule has 45 heavy (non-hydrogen) atoms. The van der Waals surface area contributed by atoms with Crippen LogP contribution in [0.2, 0.25) is 0 Å². The number of carbonyl (C=O) groups excluding carboxylic acids is 2. The summed E-state index contributed by atoms with van der Waals surface area (Å²) in [6, 6.07) is 23.2. The molecule has 1 fully saturated rings. The zero-order chi connectivity index (χ0) is 31.7. The summed E-state index contributed by atoms with van der Waals surface area (Å²) in [5.74, 6) is -0.558. The largest absolute Gasteiger partial charge is 0.465 e. The van der Waals surface area contributed by atoms with Gasteiger partial charge in [0.2, 0.25) is 0 Å². The Morgan fingerprint density at radius 2 is 1.80 bits per heavy atom. The molecule has 0 spiro atoms. The lowest BCUT2D eigenvalue weighted by atomic mass is 10.1. The smallest absolute Gasteiger partial charge is 0.337 e. The summed E-state index contributed by atoms with van der Waals surface area (Å²) in [6.45, 7) is 4.38. The zero-order valence-corrected chi connectivity index (χ0v) is 25.6. The number of nitrogens with one attached hydrogen (secondary N) is 1. The molecule has 10 nitrogen and oxygen atoms in total. The summed E-state index contributed by atoms with van der Waals surface area (Å²) in [5, 5.41) is 12.8. The summed E-state index contributed by atoms with van der Waals surface area (Å²) < 4.78 is 6.88. The number of non-ortho nitro benzene ring substituents is 1. The molecule has 1 aliphatic heterocycles. The van der Waals surface area contributed by atoms with Crippen molar-refractivity contribution in [3.05, 3.63) is 128 Å². The van der Waals surface area contributed by atoms with Crippen molar-refractivity contribution in [3.8, 4) is 5.69 Å². The van der Waals surface area contributed by atoms with E-state index in [1.807, 2.05) is 62.5 Å². The van der Waals surface area contributed by atoms with Gasteiger partial charge < -0.3 is 14.3 Å². The van der Waals surface area contributed by atoms with E-state index in [2.05, 4.69) is 15.6 Å². The number of ether oxygens (including phenoxy) is 1. The Hall–Kier alpha value is -5.42. The molecule has 0 unspecified atom stereocenters. The van der Waals surface area contributed by atoms with Gasteiger partial charge in [0.05, 0.1) is 28.2 Å². The fourth-order valence-electron chi connectivity index (χ4n) is 5.46. The van der Waals surface area contributed by atoms with Crippen molar-refractivity contribution in [1.29, 1.82) is 0 Å². The molecule has 0 bridgehead atoms. The van der Waals surface area contributed by atoms with Crippen molar-refractivity contribution in [1.82, 2.24) is 14.5 Å². The van der Waals surface area contributed by atoms with Gasteiger partial charge in [-0.3, -0.25) is 19.8 Å². The molecule has 1 saturated heterocycles. The van der Waals surface area contributed by atoms with E-state index in [-0.39, 0.29) is 11.6 Å². The lowest BCUT2D eigenvalue weighted by molar-refractivity contribution is -0.384. The molecule has 3 aromatic carbocycles. The topological polar surface area (TPSA) is 123 Å². The number of amidine groups is 1. The number of hydrogen-bond donors (Lipinski definition) is 1. The van der Waals surface area contributed by atoms with Crippen LogP contribution in [0.1, 0.15) is 32.9 Å². The number of methoxy groups -OCH3 is 1. The molecule has 11 heteroatoms. The molecule has 1 N–H and O–H groups in total. The van der Waals surface area contributed by atoms with E-state index >= 15 is 0 Å². The number of para-hydroxylation sites is 1. The van der Waals surface area contributed by atoms with Gasteiger partial charge in [0, 0.05) is 52.9 Å². The third-order valence-electron chi connectivity index (χ3n) is 7.76. The number of amides is 1. The summed E-state index contributed by atoms with van der Waals surface area (Å²) >= 11 is 1.28. The summed E-state index contributed by atoms with van der Waals surface area (Å²) in [4.78, 5) is 46.7. The number of aromatic amines is 1. The second-order valence-electron chi connectivity index (χ2n) is 10.5. The molecule has 0 saturated carbocycles. The molecule has 6 rings (SSSR count). The van der Waals surface area contributed by atoms with Gasteiger partial charge in [-0.1, -0.05) is 18.2 Å². The van der Waals surface area contributed by atoms with Crippen LogP contribution in [-0.2, 0) is 16.0 Å². The number of aryl methyl sites for hydroxylation is 1. The highest BCUT2D eigenvalue weighted by Crippen LogP contribution is 2.36. The molecular weight excluding hydrogens is 590 g/mol. The van der Waals surface area contributed by atoms with Crippen LogP contribution in [0.3, 0.4) is 0 Å². The Morgan fingerprint density at radius 1 is 1.07 bits per heavy atom. The molecule has 0 atom stereocenters. The maximum atomic E-state index is 13.9. The normalized spacial score (nSPS) is 15.0. The fraction of sp³-hybridized carbons (Fsp3) is 0.147. The SMILES string of the molecule is COC(=O)c1ccc(-n2c(C)cc(/C=C3\SC(=Nc4ccc([N+](=O)[O-])cc4)N(CCc4c[nH]c5ccccc45)C3=O)c2C)cc1. The van der Waals surface area contributed by atoms with E-state index in [1.54, 1.807) is 29.2 Å². The predicted octanol–water partition coefficient (Wildman–Crippen LogP) is 7.12. The molecule has 0 aliphatic carbocycles. The van der Waals surface area contributed by atoms with E-state index in [4.69, 9.17) is 9.73 Å². The van der Waals surface area contributed by atoms with E-state index in [0.29, 0.717) is 34.3 Å². The number of aliphatic imine (C=N–C) groups is 1. The molecule has 0 radical (unpaired) electrons. The molecular formula is C34H29N5O5S. The van der Waals surface area contributed by atoms with Crippen LogP contribution in [0, 0.1) is 24.0 Å². The molecule has 2 aromatic heterocycles. The third-order valence-corrected chi connectivity index (χ3v) is 8.76. The number of esters is 1. The second kappa shape index (κ2) is 12.3. The van der Waals surface area contributed by atoms with Crippen molar-refractivity contribution < 1.29 is 19.2 Å². The highest BCUT2D eigenvalue weighted by atomic mass is 32.2. The first-order valence-corrected chi connectivity index (χ1v) is 15.0. The first-order chi connectivity index (χ1) is 21.7. The zero-order valence-electron chi connectivity index (χ0n) is 24.8. The number of carbonyl (C=O) groups is 2. The van der Waals surface area contributed by atoms with E-state index in [9.17, 15) is 19.7 Å². The Balaban J connectivity index is 1.32. The lowest BCUT2D eigenvalue weighted by Crippen LogP contribution is -2.31. The van der Waals surface area contributed by atoms with Crippen LogP contribution in [0.15, 0.2) is 95.0 Å². The van der Waals surface area contributed by atoms with Crippen molar-refractivity contribution in [3.63, 3.8) is 0 Å². The van der Waals surface area contributed by atoms with Crippen LogP contribution in [0.5, 0.6) is 0 Å². The number of benzene rings is 3. The number of nitro benzene ring substituents is 1. The molecule has 5 aromatic rings. The average molecular weight is 620 g/mol. The third kappa shape index (κ3) is 5.89. The molecule has 1 amide bonds. The molecule has 226 valence electrons. The van der Waals surface area contributed by atoms with E-state index < -0.39 is 10.9 Å². The quantitative estimate of drug-likeness (QED) is 0.0854. The summed E-state index contributed by atoms with van der Waals surface area (Å²) in [6.07, 6.45) is 4.46. The van der Waals surface area contributed by atoms with Crippen LogP contribution < -0.4 is 0 Å². The number of thioether (sulfide) groups is 1. The van der Waals surface area contributed by atoms with E-state index in [1.165, 1.54) is 31.0 Å². The number of fused-ring (bicyclic) bond motifs is 1. The first-order valence-electron chi connectivity index (χ1n) is 14.2. The average Bonchev–Trinajstić information content (AvgIpc) is 3.68. The maximum Gasteiger partial charge on any atom is 0.337 e. The number of nitro groups is 1. The predicted molar refractivity (Wildman–Crippen MR) is 176 cm³/mol. The van der Waals surface area contributed by atoms with Crippen molar-refractivity contribution >= 4 is 57.2 Å². The number of rotatable bonds is 8. The van der Waals surface area contributed by atoms with Crippen molar-refractivity contribution in [2.75, 3.05) is 13.7 Å². The summed E-state index contributed by atoms with van der Waals surface area (Å²) in [7, 11) is 1.35. The van der Waals surface area contributed by atoms with Crippen LogP contribution >= 0.6 is 11.8 Å². The highest BCUT2D eigenvalue weighted by molar-refractivity contribution is 8.18. The minimum absolute atomic E-state index is 0.0267. The minimum Gasteiger partial charge on any atom is -0.465 e. The Bertz CT molecular complexity index is 2000. The van der Waals surface area contributed by atoms with Gasteiger partial charge >= 0.3 is 5.97 Å². The van der Waals surface area contributed by atoms with Crippen molar-refractivity contribution in [2.45, 2.75) is 20.3 Å². The Labute approximate surface area is 263 Å². The van der Waals surface area contributed by atoms with Crippen LogP contribution in [-0.4, -0.2) is 50.1 Å². The Kier molecular flexibility index (Phi) is 8.10. The number of hydrogen-bond acceptors (Lipinski definition) is 7. The van der Waals surface area contributed by atoms with Gasteiger partial charge in [-0.05, 0) is 97.8 Å². The fourth-order valence-corrected chi connectivity index (χ4v) is 6.47. The van der Waals surface area contributed by atoms with Gasteiger partial charge in [0.25, 0.3) is 11.6 Å². The van der Waals surface area contributed by atoms with Crippen LogP contribution in [0.25, 0.3) is 22.7 Å².